The van der Waals surface area contributed by atoms with Crippen LogP contribution in [0.15, 0.2) is 12.7 Å². The minimum Gasteiger partial charge on any atom is -0.396 e. The van der Waals surface area contributed by atoms with Crippen molar-refractivity contribution < 1.29 is 29.3 Å². The molecule has 1 atom stereocenters. The van der Waals surface area contributed by atoms with E-state index in [-0.39, 0.29) is 19.8 Å². The lowest BCUT2D eigenvalue weighted by atomic mass is 10.2. The molecule has 23 heavy (non-hydrogen) atoms. The minimum absolute atomic E-state index is 0.0569. The number of hydrogen-bond acceptors (Lipinski definition) is 7. The summed E-state index contributed by atoms with van der Waals surface area (Å²) in [6.07, 6.45) is 2.92. The standard InChI is InChI=1S/C12H19N4O6P/c17-3-1-10-11-12(14-6-13-10)16(7-15-11)9(5-18)2-4-22-8-23(19,20)21/h6-7,9,17-18H,1-5,8H2,(H2,19,20,21). The zero-order valence-electron chi connectivity index (χ0n) is 12.3. The predicted octanol–water partition coefficient (Wildman–Crippen LogP) is -0.564. The number of hydrogen-bond donors (Lipinski definition) is 4. The van der Waals surface area contributed by atoms with Crippen molar-refractivity contribution in [3.63, 3.8) is 0 Å². The molecule has 2 rings (SSSR count). The van der Waals surface area contributed by atoms with Crippen LogP contribution in [0.5, 0.6) is 0 Å². The molecule has 0 bridgehead atoms. The SMILES string of the molecule is O=P(O)(O)COCCC(CO)n1cnc2c(CCO)ncnc21. The Morgan fingerprint density at radius 3 is 2.70 bits per heavy atom. The molecule has 0 saturated carbocycles. The third kappa shape index (κ3) is 4.77. The molecule has 0 aromatic carbocycles. The molecule has 0 amide bonds. The van der Waals surface area contributed by atoms with Gasteiger partial charge in [-0.1, -0.05) is 0 Å². The van der Waals surface area contributed by atoms with Gasteiger partial charge in [0.05, 0.1) is 24.7 Å². The Morgan fingerprint density at radius 2 is 2.04 bits per heavy atom. The third-order valence-corrected chi connectivity index (χ3v) is 3.76. The summed E-state index contributed by atoms with van der Waals surface area (Å²) >= 11 is 0. The number of aromatic nitrogens is 4. The van der Waals surface area contributed by atoms with Crippen LogP contribution < -0.4 is 0 Å². The molecule has 0 aliphatic heterocycles. The Kier molecular flexibility index (Phi) is 6.17. The smallest absolute Gasteiger partial charge is 0.350 e. The fraction of sp³-hybridized carbons (Fsp3) is 0.583. The van der Waals surface area contributed by atoms with Gasteiger partial charge in [0.25, 0.3) is 0 Å². The van der Waals surface area contributed by atoms with Gasteiger partial charge in [-0.2, -0.15) is 0 Å². The summed E-state index contributed by atoms with van der Waals surface area (Å²) in [5.41, 5.74) is 1.69. The second-order valence-electron chi connectivity index (χ2n) is 4.95. The quantitative estimate of drug-likeness (QED) is 0.346. The maximum atomic E-state index is 10.7. The normalized spacial score (nSPS) is 13.6. The van der Waals surface area contributed by atoms with Gasteiger partial charge >= 0.3 is 7.60 Å². The highest BCUT2D eigenvalue weighted by Gasteiger charge is 2.18. The van der Waals surface area contributed by atoms with E-state index >= 15 is 0 Å². The van der Waals surface area contributed by atoms with Crippen molar-refractivity contribution in [2.45, 2.75) is 18.9 Å². The number of nitrogens with zero attached hydrogens (tertiary/aromatic N) is 4. The second-order valence-corrected chi connectivity index (χ2v) is 6.53. The van der Waals surface area contributed by atoms with Crippen molar-refractivity contribution in [1.29, 1.82) is 0 Å². The maximum Gasteiger partial charge on any atom is 0.350 e. The molecule has 11 heteroatoms. The molecule has 0 aliphatic rings. The average Bonchev–Trinajstić information content (AvgIpc) is 2.92. The van der Waals surface area contributed by atoms with Crippen LogP contribution >= 0.6 is 7.60 Å². The lowest BCUT2D eigenvalue weighted by Gasteiger charge is -2.16. The summed E-state index contributed by atoms with van der Waals surface area (Å²) in [4.78, 5) is 29.9. The summed E-state index contributed by atoms with van der Waals surface area (Å²) in [6, 6.07) is -0.395. The first-order chi connectivity index (χ1) is 11.0. The topological polar surface area (TPSA) is 151 Å². The van der Waals surface area contributed by atoms with Crippen LogP contribution in [-0.2, 0) is 15.7 Å². The fourth-order valence-corrected chi connectivity index (χ4v) is 2.54. The molecule has 0 aliphatic carbocycles. The van der Waals surface area contributed by atoms with Crippen LogP contribution in [0.3, 0.4) is 0 Å². The summed E-state index contributed by atoms with van der Waals surface area (Å²) < 4.78 is 17.3. The van der Waals surface area contributed by atoms with Gasteiger partial charge in [-0.25, -0.2) is 15.0 Å². The molecular weight excluding hydrogens is 327 g/mol. The van der Waals surface area contributed by atoms with Crippen molar-refractivity contribution in [1.82, 2.24) is 19.5 Å². The zero-order chi connectivity index (χ0) is 16.9. The summed E-state index contributed by atoms with van der Waals surface area (Å²) in [7, 11) is -4.20. The van der Waals surface area contributed by atoms with Gasteiger partial charge in [-0.05, 0) is 6.42 Å². The highest BCUT2D eigenvalue weighted by atomic mass is 31.2. The van der Waals surface area contributed by atoms with E-state index < -0.39 is 20.0 Å². The number of rotatable bonds is 9. The van der Waals surface area contributed by atoms with Gasteiger partial charge in [-0.3, -0.25) is 4.57 Å². The molecular formula is C12H19N4O6P. The minimum atomic E-state index is -4.20. The van der Waals surface area contributed by atoms with Crippen molar-refractivity contribution in [2.24, 2.45) is 0 Å². The van der Waals surface area contributed by atoms with Crippen LogP contribution in [-0.4, -0.2) is 65.7 Å². The van der Waals surface area contributed by atoms with Crippen molar-refractivity contribution in [3.8, 4) is 0 Å². The number of ether oxygens (including phenoxy) is 1. The van der Waals surface area contributed by atoms with Gasteiger partial charge in [0.2, 0.25) is 0 Å². The van der Waals surface area contributed by atoms with Crippen LogP contribution in [0.2, 0.25) is 0 Å². The summed E-state index contributed by atoms with van der Waals surface area (Å²) in [5.74, 6) is 0. The number of aliphatic hydroxyl groups excluding tert-OH is 2. The number of fused-ring (bicyclic) bond motifs is 1. The third-order valence-electron chi connectivity index (χ3n) is 3.24. The molecule has 10 nitrogen and oxygen atoms in total. The van der Waals surface area contributed by atoms with E-state index in [0.29, 0.717) is 29.7 Å². The fourth-order valence-electron chi connectivity index (χ4n) is 2.18. The van der Waals surface area contributed by atoms with E-state index in [2.05, 4.69) is 15.0 Å². The largest absolute Gasteiger partial charge is 0.396 e. The van der Waals surface area contributed by atoms with Gasteiger partial charge in [-0.15, -0.1) is 0 Å². The van der Waals surface area contributed by atoms with E-state index in [9.17, 15) is 9.67 Å². The second kappa shape index (κ2) is 7.91. The van der Waals surface area contributed by atoms with Crippen molar-refractivity contribution in [3.05, 3.63) is 18.3 Å². The average molecular weight is 346 g/mol. The molecule has 2 aromatic rings. The van der Waals surface area contributed by atoms with Crippen molar-refractivity contribution >= 4 is 18.8 Å². The molecule has 2 heterocycles. The highest BCUT2D eigenvalue weighted by Crippen LogP contribution is 2.34. The Labute approximate surface area is 131 Å². The van der Waals surface area contributed by atoms with Gasteiger partial charge < -0.3 is 29.3 Å². The highest BCUT2D eigenvalue weighted by molar-refractivity contribution is 7.51. The van der Waals surface area contributed by atoms with Crippen LogP contribution in [0.1, 0.15) is 18.2 Å². The Bertz CT molecular complexity index is 687. The van der Waals surface area contributed by atoms with E-state index in [1.807, 2.05) is 0 Å². The van der Waals surface area contributed by atoms with E-state index in [1.54, 1.807) is 4.57 Å². The molecule has 128 valence electrons. The molecule has 0 saturated heterocycles. The Morgan fingerprint density at radius 1 is 1.26 bits per heavy atom. The number of aliphatic hydroxyl groups is 2. The van der Waals surface area contributed by atoms with Crippen LogP contribution in [0.4, 0.5) is 0 Å². The van der Waals surface area contributed by atoms with Gasteiger partial charge in [0, 0.05) is 19.6 Å². The molecule has 0 fully saturated rings. The Balaban J connectivity index is 2.10. The van der Waals surface area contributed by atoms with Crippen molar-refractivity contribution in [2.75, 3.05) is 26.2 Å². The first kappa shape index (κ1) is 17.9. The maximum absolute atomic E-state index is 10.7. The van der Waals surface area contributed by atoms with E-state index in [0.717, 1.165) is 0 Å². The lowest BCUT2D eigenvalue weighted by Crippen LogP contribution is -2.16. The number of imidazole rings is 1. The molecule has 2 aromatic heterocycles. The van der Waals surface area contributed by atoms with E-state index in [1.165, 1.54) is 12.7 Å². The lowest BCUT2D eigenvalue weighted by molar-refractivity contribution is 0.127. The predicted molar refractivity (Wildman–Crippen MR) is 79.7 cm³/mol. The van der Waals surface area contributed by atoms with Gasteiger partial charge in [0.1, 0.15) is 18.2 Å². The first-order valence-corrected chi connectivity index (χ1v) is 8.76. The van der Waals surface area contributed by atoms with E-state index in [4.69, 9.17) is 19.6 Å². The first-order valence-electron chi connectivity index (χ1n) is 6.96. The molecule has 0 spiro atoms. The summed E-state index contributed by atoms with van der Waals surface area (Å²) in [5, 5.41) is 18.6. The summed E-state index contributed by atoms with van der Waals surface area (Å²) in [6.45, 7) is -0.187. The zero-order valence-corrected chi connectivity index (χ0v) is 13.2. The van der Waals surface area contributed by atoms with Crippen LogP contribution in [0.25, 0.3) is 11.2 Å². The van der Waals surface area contributed by atoms with Crippen LogP contribution in [0, 0.1) is 0 Å². The molecule has 0 radical (unpaired) electrons. The monoisotopic (exact) mass is 346 g/mol. The molecule has 1 unspecified atom stereocenters. The van der Waals surface area contributed by atoms with Gasteiger partial charge in [0.15, 0.2) is 5.65 Å². The molecule has 4 N–H and O–H groups in total. The Hall–Kier alpha value is -1.42.